The van der Waals surface area contributed by atoms with Crippen molar-refractivity contribution in [2.75, 3.05) is 0 Å². The van der Waals surface area contributed by atoms with Gasteiger partial charge in [-0.15, -0.1) is 0 Å². The molecule has 1 amide bonds. The Balaban J connectivity index is 2.30. The molecule has 0 fully saturated rings. The quantitative estimate of drug-likeness (QED) is 0.497. The second-order valence-corrected chi connectivity index (χ2v) is 5.89. The molecule has 0 aliphatic rings. The molecule has 4 heteroatoms. The highest BCUT2D eigenvalue weighted by molar-refractivity contribution is 6.02. The monoisotopic (exact) mass is 333 g/mol. The van der Waals surface area contributed by atoms with Crippen LogP contribution >= 0.6 is 0 Å². The molecule has 0 aromatic heterocycles. The zero-order valence-corrected chi connectivity index (χ0v) is 14.1. The Morgan fingerprint density at radius 2 is 1.48 bits per heavy atom. The van der Waals surface area contributed by atoms with Gasteiger partial charge in [-0.3, -0.25) is 4.79 Å². The van der Waals surface area contributed by atoms with Crippen LogP contribution in [0.25, 0.3) is 22.5 Å². The molecule has 0 saturated heterocycles. The number of amides is 1. The normalized spacial score (nSPS) is 11.5. The molecule has 0 bridgehead atoms. The maximum Gasteiger partial charge on any atom is 0.221 e. The first-order valence-electron chi connectivity index (χ1n) is 7.97. The van der Waals surface area contributed by atoms with Crippen molar-refractivity contribution in [3.8, 4) is 11.5 Å². The summed E-state index contributed by atoms with van der Waals surface area (Å²) in [7, 11) is 0. The van der Waals surface area contributed by atoms with E-state index in [-0.39, 0.29) is 17.4 Å². The summed E-state index contributed by atoms with van der Waals surface area (Å²) < 4.78 is 0. The van der Waals surface area contributed by atoms with Crippen LogP contribution in [-0.4, -0.2) is 16.1 Å². The number of hydrogen-bond acceptors (Lipinski definition) is 3. The minimum atomic E-state index is -0.256. The van der Waals surface area contributed by atoms with E-state index in [9.17, 15) is 15.0 Å². The Morgan fingerprint density at radius 1 is 0.920 bits per heavy atom. The van der Waals surface area contributed by atoms with E-state index in [0.717, 1.165) is 5.56 Å². The highest BCUT2D eigenvalue weighted by atomic mass is 16.3. The number of aromatic hydroxyl groups is 2. The molecule has 126 valence electrons. The van der Waals surface area contributed by atoms with Gasteiger partial charge < -0.3 is 15.5 Å². The second kappa shape index (κ2) is 6.69. The van der Waals surface area contributed by atoms with Crippen LogP contribution < -0.4 is 5.32 Å². The number of hydrogen-bond donors (Lipinski definition) is 3. The fraction of sp³-hybridized carbons (Fsp3) is 0.0952. The minimum absolute atomic E-state index is 0.0295. The van der Waals surface area contributed by atoms with E-state index in [4.69, 9.17) is 0 Å². The van der Waals surface area contributed by atoms with Gasteiger partial charge in [-0.2, -0.15) is 0 Å². The van der Waals surface area contributed by atoms with Crippen LogP contribution in [-0.2, 0) is 4.79 Å². The molecule has 0 aliphatic heterocycles. The Kier molecular flexibility index (Phi) is 4.44. The Bertz CT molecular complexity index is 975. The Morgan fingerprint density at radius 3 is 2.08 bits per heavy atom. The molecule has 0 radical (unpaired) electrons. The van der Waals surface area contributed by atoms with Crippen LogP contribution in [0.2, 0.25) is 0 Å². The van der Waals surface area contributed by atoms with Gasteiger partial charge in [0.05, 0.1) is 5.70 Å². The van der Waals surface area contributed by atoms with E-state index in [1.54, 1.807) is 37.3 Å². The predicted octanol–water partition coefficient (Wildman–Crippen LogP) is 4.19. The van der Waals surface area contributed by atoms with Gasteiger partial charge in [0.25, 0.3) is 0 Å². The van der Waals surface area contributed by atoms with Gasteiger partial charge in [0.1, 0.15) is 11.5 Å². The average Bonchev–Trinajstić information content (AvgIpc) is 2.60. The lowest BCUT2D eigenvalue weighted by Gasteiger charge is -2.17. The highest BCUT2D eigenvalue weighted by Gasteiger charge is 2.19. The van der Waals surface area contributed by atoms with E-state index in [2.05, 4.69) is 5.32 Å². The molecule has 3 rings (SSSR count). The summed E-state index contributed by atoms with van der Waals surface area (Å²) in [5.74, 6) is -0.136. The Hall–Kier alpha value is -3.27. The molecule has 25 heavy (non-hydrogen) atoms. The van der Waals surface area contributed by atoms with Crippen LogP contribution in [0.15, 0.2) is 54.6 Å². The van der Waals surface area contributed by atoms with Gasteiger partial charge in [0, 0.05) is 28.8 Å². The van der Waals surface area contributed by atoms with Crippen molar-refractivity contribution in [2.45, 2.75) is 13.8 Å². The number of rotatable bonds is 3. The largest absolute Gasteiger partial charge is 0.507 e. The van der Waals surface area contributed by atoms with Crippen LogP contribution in [0, 0.1) is 6.92 Å². The number of carbonyl (C=O) groups excluding carboxylic acids is 1. The lowest BCUT2D eigenvalue weighted by atomic mass is 9.95. The zero-order valence-electron chi connectivity index (χ0n) is 14.1. The van der Waals surface area contributed by atoms with Crippen LogP contribution in [0.4, 0.5) is 0 Å². The number of fused-ring (bicyclic) bond motifs is 1. The van der Waals surface area contributed by atoms with E-state index < -0.39 is 0 Å². The molecule has 0 heterocycles. The fourth-order valence-electron chi connectivity index (χ4n) is 2.93. The third-order valence-corrected chi connectivity index (χ3v) is 4.09. The number of phenols is 2. The smallest absolute Gasteiger partial charge is 0.221 e. The minimum Gasteiger partial charge on any atom is -0.507 e. The summed E-state index contributed by atoms with van der Waals surface area (Å²) in [6.07, 6.45) is 1.78. The van der Waals surface area contributed by atoms with Crippen molar-refractivity contribution in [2.24, 2.45) is 0 Å². The Labute approximate surface area is 146 Å². The molecule has 0 unspecified atom stereocenters. The van der Waals surface area contributed by atoms with Gasteiger partial charge in [-0.05, 0) is 18.6 Å². The molecule has 0 atom stereocenters. The van der Waals surface area contributed by atoms with Gasteiger partial charge >= 0.3 is 0 Å². The first-order valence-corrected chi connectivity index (χ1v) is 7.97. The van der Waals surface area contributed by atoms with Crippen molar-refractivity contribution in [1.29, 1.82) is 0 Å². The first kappa shape index (κ1) is 16.6. The summed E-state index contributed by atoms with van der Waals surface area (Å²) in [6.45, 7) is 3.13. The summed E-state index contributed by atoms with van der Waals surface area (Å²) in [6, 6.07) is 16.6. The summed E-state index contributed by atoms with van der Waals surface area (Å²) >= 11 is 0. The number of nitrogens with one attached hydrogen (secondary N) is 1. The van der Waals surface area contributed by atoms with Crippen molar-refractivity contribution >= 4 is 28.5 Å². The molecular formula is C21H19NO3. The van der Waals surface area contributed by atoms with Crippen molar-refractivity contribution < 1.29 is 15.0 Å². The number of phenolic OH excluding ortho intramolecular Hbond substituents is 2. The van der Waals surface area contributed by atoms with Crippen LogP contribution in [0.5, 0.6) is 11.5 Å². The molecule has 3 aromatic rings. The van der Waals surface area contributed by atoms with E-state index in [1.165, 1.54) is 6.92 Å². The standard InChI is InChI=1S/C21H19NO3/c1-13-19(21(25)17-11-7-6-10-16(17)20(13)24)18(22-14(2)23)12-15-8-4-3-5-9-15/h3-12,24-25H,1-2H3,(H,22,23). The lowest BCUT2D eigenvalue weighted by Crippen LogP contribution is -2.18. The molecule has 3 aromatic carbocycles. The van der Waals surface area contributed by atoms with Gasteiger partial charge in [-0.25, -0.2) is 0 Å². The van der Waals surface area contributed by atoms with Crippen LogP contribution in [0.3, 0.4) is 0 Å². The second-order valence-electron chi connectivity index (χ2n) is 5.89. The topological polar surface area (TPSA) is 69.6 Å². The lowest BCUT2D eigenvalue weighted by molar-refractivity contribution is -0.117. The molecule has 0 spiro atoms. The summed E-state index contributed by atoms with van der Waals surface area (Å²) in [4.78, 5) is 11.7. The summed E-state index contributed by atoms with van der Waals surface area (Å²) in [5.41, 5.74) is 2.23. The highest BCUT2D eigenvalue weighted by Crippen LogP contribution is 2.42. The maximum absolute atomic E-state index is 11.7. The van der Waals surface area contributed by atoms with E-state index in [1.807, 2.05) is 30.3 Å². The van der Waals surface area contributed by atoms with Crippen molar-refractivity contribution in [1.82, 2.24) is 5.32 Å². The number of carbonyl (C=O) groups is 1. The van der Waals surface area contributed by atoms with Crippen LogP contribution in [0.1, 0.15) is 23.6 Å². The van der Waals surface area contributed by atoms with Gasteiger partial charge in [-0.1, -0.05) is 54.6 Å². The summed E-state index contributed by atoms with van der Waals surface area (Å²) in [5, 5.41) is 25.2. The molecule has 3 N–H and O–H groups in total. The third-order valence-electron chi connectivity index (χ3n) is 4.09. The third kappa shape index (κ3) is 3.19. The molecular weight excluding hydrogens is 314 g/mol. The van der Waals surface area contributed by atoms with Gasteiger partial charge in [0.2, 0.25) is 5.91 Å². The zero-order chi connectivity index (χ0) is 18.0. The molecule has 0 aliphatic carbocycles. The predicted molar refractivity (Wildman–Crippen MR) is 100 cm³/mol. The van der Waals surface area contributed by atoms with Crippen molar-refractivity contribution in [3.05, 3.63) is 71.3 Å². The van der Waals surface area contributed by atoms with Gasteiger partial charge in [0.15, 0.2) is 0 Å². The molecule has 0 saturated carbocycles. The SMILES string of the molecule is CC(=O)NC(=Cc1ccccc1)c1c(C)c(O)c2ccccc2c1O. The first-order chi connectivity index (χ1) is 12.0. The maximum atomic E-state index is 11.7. The average molecular weight is 333 g/mol. The number of benzene rings is 3. The molecule has 4 nitrogen and oxygen atoms in total. The van der Waals surface area contributed by atoms with Crippen molar-refractivity contribution in [3.63, 3.8) is 0 Å². The fourth-order valence-corrected chi connectivity index (χ4v) is 2.93. The van der Waals surface area contributed by atoms with E-state index in [0.29, 0.717) is 27.6 Å². The van der Waals surface area contributed by atoms with E-state index >= 15 is 0 Å².